The Kier molecular flexibility index (Phi) is 4.93. The molecular weight excluding hydrogens is 276 g/mol. The van der Waals surface area contributed by atoms with Gasteiger partial charge in [0.05, 0.1) is 0 Å². The molecule has 4 nitrogen and oxygen atoms in total. The second-order valence-electron chi connectivity index (χ2n) is 5.60. The lowest BCUT2D eigenvalue weighted by molar-refractivity contribution is 0.174. The van der Waals surface area contributed by atoms with E-state index in [0.29, 0.717) is 6.79 Å². The molecule has 0 aliphatic carbocycles. The summed E-state index contributed by atoms with van der Waals surface area (Å²) in [6.07, 6.45) is 1.80. The predicted octanol–water partition coefficient (Wildman–Crippen LogP) is 2.46. The first-order chi connectivity index (χ1) is 10.8. The molecule has 2 aromatic rings. The summed E-state index contributed by atoms with van der Waals surface area (Å²) < 4.78 is 10.7. The molecule has 0 saturated heterocycles. The second kappa shape index (κ2) is 7.29. The van der Waals surface area contributed by atoms with Gasteiger partial charge in [0.2, 0.25) is 6.79 Å². The molecule has 1 aliphatic heterocycles. The number of nitrogens with two attached hydrogens (primary N) is 1. The standard InChI is InChI=1S/C18H22N2O2/c19-16(8-9-20-12-14-4-2-1-3-5-14)10-15-6-7-17-18(11-15)22-13-21-17/h1-7,11,16,20H,8-10,12-13,19H2/t16-/m1/s1. The molecule has 116 valence electrons. The van der Waals surface area contributed by atoms with Gasteiger partial charge >= 0.3 is 0 Å². The van der Waals surface area contributed by atoms with Gasteiger partial charge in [0, 0.05) is 12.6 Å². The van der Waals surface area contributed by atoms with E-state index in [4.69, 9.17) is 15.2 Å². The van der Waals surface area contributed by atoms with Gasteiger partial charge in [-0.2, -0.15) is 0 Å². The van der Waals surface area contributed by atoms with Crippen LogP contribution in [-0.2, 0) is 13.0 Å². The van der Waals surface area contributed by atoms with E-state index in [1.54, 1.807) is 0 Å². The van der Waals surface area contributed by atoms with E-state index in [2.05, 4.69) is 35.6 Å². The summed E-state index contributed by atoms with van der Waals surface area (Å²) in [4.78, 5) is 0. The van der Waals surface area contributed by atoms with Crippen molar-refractivity contribution >= 4 is 0 Å². The Bertz CT molecular complexity index is 601. The Balaban J connectivity index is 1.40. The number of rotatable bonds is 7. The minimum atomic E-state index is 0.142. The molecule has 0 radical (unpaired) electrons. The van der Waals surface area contributed by atoms with Crippen molar-refractivity contribution in [3.8, 4) is 11.5 Å². The summed E-state index contributed by atoms with van der Waals surface area (Å²) in [5.74, 6) is 1.65. The lowest BCUT2D eigenvalue weighted by Crippen LogP contribution is -2.28. The number of ether oxygens (including phenoxy) is 2. The first-order valence-electron chi connectivity index (χ1n) is 7.70. The lowest BCUT2D eigenvalue weighted by atomic mass is 10.0. The van der Waals surface area contributed by atoms with Crippen molar-refractivity contribution in [3.63, 3.8) is 0 Å². The summed E-state index contributed by atoms with van der Waals surface area (Å²) >= 11 is 0. The number of benzene rings is 2. The molecule has 0 fully saturated rings. The van der Waals surface area contributed by atoms with Crippen LogP contribution in [0.4, 0.5) is 0 Å². The zero-order valence-electron chi connectivity index (χ0n) is 12.6. The highest BCUT2D eigenvalue weighted by Crippen LogP contribution is 2.32. The smallest absolute Gasteiger partial charge is 0.231 e. The fourth-order valence-corrected chi connectivity index (χ4v) is 2.59. The van der Waals surface area contributed by atoms with Gasteiger partial charge in [-0.1, -0.05) is 36.4 Å². The van der Waals surface area contributed by atoms with Crippen molar-refractivity contribution in [1.82, 2.24) is 5.32 Å². The summed E-state index contributed by atoms with van der Waals surface area (Å²) in [7, 11) is 0. The van der Waals surface area contributed by atoms with Crippen LogP contribution in [0.25, 0.3) is 0 Å². The highest BCUT2D eigenvalue weighted by atomic mass is 16.7. The molecule has 0 unspecified atom stereocenters. The first-order valence-corrected chi connectivity index (χ1v) is 7.70. The van der Waals surface area contributed by atoms with Crippen molar-refractivity contribution in [2.24, 2.45) is 5.73 Å². The maximum absolute atomic E-state index is 6.22. The van der Waals surface area contributed by atoms with Crippen LogP contribution in [0, 0.1) is 0 Å². The zero-order valence-corrected chi connectivity index (χ0v) is 12.6. The lowest BCUT2D eigenvalue weighted by Gasteiger charge is -2.13. The van der Waals surface area contributed by atoms with Gasteiger partial charge in [0.25, 0.3) is 0 Å². The molecule has 0 saturated carbocycles. The largest absolute Gasteiger partial charge is 0.454 e. The van der Waals surface area contributed by atoms with Gasteiger partial charge in [0.15, 0.2) is 11.5 Å². The SMILES string of the molecule is N[C@H](CCNCc1ccccc1)Cc1ccc2c(c1)OCO2. The average Bonchev–Trinajstić information content (AvgIpc) is 3.00. The minimum Gasteiger partial charge on any atom is -0.454 e. The Hall–Kier alpha value is -2.04. The van der Waals surface area contributed by atoms with Crippen LogP contribution in [0.2, 0.25) is 0 Å². The Morgan fingerprint density at radius 3 is 2.68 bits per heavy atom. The number of hydrogen-bond acceptors (Lipinski definition) is 4. The fraction of sp³-hybridized carbons (Fsp3) is 0.333. The van der Waals surface area contributed by atoms with Crippen molar-refractivity contribution in [3.05, 3.63) is 59.7 Å². The third kappa shape index (κ3) is 4.00. The van der Waals surface area contributed by atoms with Crippen LogP contribution in [0.3, 0.4) is 0 Å². The summed E-state index contributed by atoms with van der Waals surface area (Å²) in [6, 6.07) is 16.6. The van der Waals surface area contributed by atoms with E-state index < -0.39 is 0 Å². The number of nitrogens with one attached hydrogen (secondary N) is 1. The van der Waals surface area contributed by atoms with Crippen molar-refractivity contribution in [2.45, 2.75) is 25.4 Å². The number of fused-ring (bicyclic) bond motifs is 1. The molecule has 0 bridgehead atoms. The molecule has 1 heterocycles. The Labute approximate surface area is 131 Å². The maximum atomic E-state index is 6.22. The van der Waals surface area contributed by atoms with Gasteiger partial charge in [-0.25, -0.2) is 0 Å². The van der Waals surface area contributed by atoms with Gasteiger partial charge in [-0.15, -0.1) is 0 Å². The van der Waals surface area contributed by atoms with Gasteiger partial charge < -0.3 is 20.5 Å². The van der Waals surface area contributed by atoms with Crippen molar-refractivity contribution in [1.29, 1.82) is 0 Å². The molecule has 1 aliphatic rings. The van der Waals surface area contributed by atoms with E-state index in [1.165, 1.54) is 11.1 Å². The van der Waals surface area contributed by atoms with E-state index >= 15 is 0 Å². The first kappa shape index (κ1) is 14.9. The van der Waals surface area contributed by atoms with E-state index in [0.717, 1.165) is 37.4 Å². The van der Waals surface area contributed by atoms with Gasteiger partial charge in [-0.3, -0.25) is 0 Å². The highest BCUT2D eigenvalue weighted by Gasteiger charge is 2.14. The average molecular weight is 298 g/mol. The van der Waals surface area contributed by atoms with Crippen molar-refractivity contribution in [2.75, 3.05) is 13.3 Å². The van der Waals surface area contributed by atoms with E-state index in [9.17, 15) is 0 Å². The molecule has 3 N–H and O–H groups in total. The van der Waals surface area contributed by atoms with Crippen LogP contribution in [0.15, 0.2) is 48.5 Å². The molecule has 0 amide bonds. The third-order valence-corrected chi connectivity index (χ3v) is 3.80. The molecule has 0 aromatic heterocycles. The van der Waals surface area contributed by atoms with Crippen LogP contribution in [0.5, 0.6) is 11.5 Å². The van der Waals surface area contributed by atoms with Gasteiger partial charge in [-0.05, 0) is 42.6 Å². The van der Waals surface area contributed by atoms with Crippen LogP contribution >= 0.6 is 0 Å². The van der Waals surface area contributed by atoms with Crippen LogP contribution in [0.1, 0.15) is 17.5 Å². The van der Waals surface area contributed by atoms with Crippen LogP contribution < -0.4 is 20.5 Å². The Morgan fingerprint density at radius 2 is 1.82 bits per heavy atom. The fourth-order valence-electron chi connectivity index (χ4n) is 2.59. The summed E-state index contributed by atoms with van der Waals surface area (Å²) in [5.41, 5.74) is 8.71. The second-order valence-corrected chi connectivity index (χ2v) is 5.60. The minimum absolute atomic E-state index is 0.142. The van der Waals surface area contributed by atoms with Gasteiger partial charge in [0.1, 0.15) is 0 Å². The zero-order chi connectivity index (χ0) is 15.2. The molecule has 3 rings (SSSR count). The Morgan fingerprint density at radius 1 is 1.00 bits per heavy atom. The maximum Gasteiger partial charge on any atom is 0.231 e. The summed E-state index contributed by atoms with van der Waals surface area (Å²) in [6.45, 7) is 2.12. The molecule has 1 atom stereocenters. The van der Waals surface area contributed by atoms with Crippen LogP contribution in [-0.4, -0.2) is 19.4 Å². The van der Waals surface area contributed by atoms with Crippen molar-refractivity contribution < 1.29 is 9.47 Å². The molecule has 22 heavy (non-hydrogen) atoms. The quantitative estimate of drug-likeness (QED) is 0.771. The summed E-state index contributed by atoms with van der Waals surface area (Å²) in [5, 5.41) is 3.44. The topological polar surface area (TPSA) is 56.5 Å². The molecule has 4 heteroatoms. The van der Waals surface area contributed by atoms with E-state index in [-0.39, 0.29) is 6.04 Å². The monoisotopic (exact) mass is 298 g/mol. The normalized spacial score (nSPS) is 14.0. The molecule has 2 aromatic carbocycles. The highest BCUT2D eigenvalue weighted by molar-refractivity contribution is 5.44. The molecule has 0 spiro atoms. The molecular formula is C18H22N2O2. The number of hydrogen-bond donors (Lipinski definition) is 2. The third-order valence-electron chi connectivity index (χ3n) is 3.80. The predicted molar refractivity (Wildman–Crippen MR) is 87.0 cm³/mol. The van der Waals surface area contributed by atoms with E-state index in [1.807, 2.05) is 18.2 Å².